The van der Waals surface area contributed by atoms with E-state index >= 15 is 0 Å². The molecule has 0 spiro atoms. The largest absolute Gasteiger partial charge is 0.397 e. The van der Waals surface area contributed by atoms with Crippen LogP contribution < -0.4 is 5.73 Å². The molecular weight excluding hydrogens is 280 g/mol. The highest BCUT2D eigenvalue weighted by Gasteiger charge is 2.21. The molecule has 0 aliphatic heterocycles. The lowest BCUT2D eigenvalue weighted by Gasteiger charge is -2.25. The lowest BCUT2D eigenvalue weighted by atomic mass is 10.1. The number of carbonyl (C=O) groups is 1. The quantitative estimate of drug-likeness (QED) is 0.935. The molecule has 0 radical (unpaired) electrons. The summed E-state index contributed by atoms with van der Waals surface area (Å²) in [7, 11) is 1.78. The first-order chi connectivity index (χ1) is 9.00. The van der Waals surface area contributed by atoms with Crippen molar-refractivity contribution in [2.24, 2.45) is 0 Å². The van der Waals surface area contributed by atoms with Gasteiger partial charge in [-0.05, 0) is 36.1 Å². The Balaban J connectivity index is 2.19. The molecule has 100 valence electrons. The van der Waals surface area contributed by atoms with Crippen LogP contribution in [0.4, 0.5) is 5.69 Å². The maximum atomic E-state index is 12.3. The molecule has 0 fully saturated rings. The highest BCUT2D eigenvalue weighted by Crippen LogP contribution is 2.26. The van der Waals surface area contributed by atoms with Crippen LogP contribution in [0.25, 0.3) is 0 Å². The minimum atomic E-state index is -0.0602. The van der Waals surface area contributed by atoms with Gasteiger partial charge >= 0.3 is 0 Å². The third-order valence-electron chi connectivity index (χ3n) is 3.14. The van der Waals surface area contributed by atoms with Gasteiger partial charge in [0.2, 0.25) is 0 Å². The molecule has 1 unspecified atom stereocenters. The van der Waals surface area contributed by atoms with Crippen LogP contribution in [0.5, 0.6) is 0 Å². The van der Waals surface area contributed by atoms with Crippen LogP contribution in [0.1, 0.15) is 28.2 Å². The summed E-state index contributed by atoms with van der Waals surface area (Å²) in [6.45, 7) is 1.98. The molecule has 2 rings (SSSR count). The van der Waals surface area contributed by atoms with Crippen LogP contribution in [-0.2, 0) is 0 Å². The number of hydrogen-bond donors (Lipinski definition) is 1. The fraction of sp³-hybridized carbons (Fsp3) is 0.214. The van der Waals surface area contributed by atoms with E-state index in [1.165, 1.54) is 11.3 Å². The fourth-order valence-electron chi connectivity index (χ4n) is 1.79. The highest BCUT2D eigenvalue weighted by molar-refractivity contribution is 7.12. The van der Waals surface area contributed by atoms with Crippen LogP contribution >= 0.6 is 22.9 Å². The molecule has 1 aromatic carbocycles. The zero-order valence-electron chi connectivity index (χ0n) is 10.8. The van der Waals surface area contributed by atoms with Gasteiger partial charge in [0, 0.05) is 12.1 Å². The Labute approximate surface area is 121 Å². The molecule has 0 aliphatic carbocycles. The SMILES string of the molecule is CC(c1ccc(Cl)cc1)N(C)C(=O)c1sccc1N. The van der Waals surface area contributed by atoms with Crippen molar-refractivity contribution >= 4 is 34.5 Å². The number of nitrogens with zero attached hydrogens (tertiary/aromatic N) is 1. The maximum Gasteiger partial charge on any atom is 0.266 e. The number of amides is 1. The van der Waals surface area contributed by atoms with Gasteiger partial charge < -0.3 is 10.6 Å². The Morgan fingerprint density at radius 3 is 2.47 bits per heavy atom. The zero-order valence-corrected chi connectivity index (χ0v) is 12.3. The zero-order chi connectivity index (χ0) is 14.0. The van der Waals surface area contributed by atoms with Gasteiger partial charge in [-0.2, -0.15) is 0 Å². The van der Waals surface area contributed by atoms with E-state index in [0.29, 0.717) is 15.6 Å². The molecule has 0 bridgehead atoms. The van der Waals surface area contributed by atoms with Gasteiger partial charge in [-0.3, -0.25) is 4.79 Å². The molecule has 0 saturated heterocycles. The van der Waals surface area contributed by atoms with Crippen molar-refractivity contribution in [3.8, 4) is 0 Å². The van der Waals surface area contributed by atoms with Crippen molar-refractivity contribution in [1.82, 2.24) is 4.90 Å². The fourth-order valence-corrected chi connectivity index (χ4v) is 2.72. The first-order valence-corrected chi connectivity index (χ1v) is 7.12. The number of nitrogen functional groups attached to an aromatic ring is 1. The Kier molecular flexibility index (Phi) is 4.12. The molecule has 1 aromatic heterocycles. The molecule has 0 aliphatic rings. The molecule has 19 heavy (non-hydrogen) atoms. The normalized spacial score (nSPS) is 12.2. The van der Waals surface area contributed by atoms with E-state index in [1.807, 2.05) is 36.6 Å². The first-order valence-electron chi connectivity index (χ1n) is 5.86. The number of nitrogens with two attached hydrogens (primary N) is 1. The van der Waals surface area contributed by atoms with Crippen LogP contribution in [0.3, 0.4) is 0 Å². The van der Waals surface area contributed by atoms with Crippen molar-refractivity contribution in [3.05, 3.63) is 51.2 Å². The molecule has 5 heteroatoms. The number of halogens is 1. The summed E-state index contributed by atoms with van der Waals surface area (Å²) in [5, 5.41) is 2.51. The average Bonchev–Trinajstić information content (AvgIpc) is 2.83. The van der Waals surface area contributed by atoms with Gasteiger partial charge in [-0.25, -0.2) is 0 Å². The first kappa shape index (κ1) is 13.9. The van der Waals surface area contributed by atoms with Crippen LogP contribution in [0, 0.1) is 0 Å². The van der Waals surface area contributed by atoms with Gasteiger partial charge in [0.25, 0.3) is 5.91 Å². The van der Waals surface area contributed by atoms with Crippen molar-refractivity contribution in [1.29, 1.82) is 0 Å². The topological polar surface area (TPSA) is 46.3 Å². The molecule has 3 nitrogen and oxygen atoms in total. The molecule has 1 heterocycles. The van der Waals surface area contributed by atoms with Crippen molar-refractivity contribution < 1.29 is 4.79 Å². The molecule has 0 saturated carbocycles. The summed E-state index contributed by atoms with van der Waals surface area (Å²) in [4.78, 5) is 14.6. The van der Waals surface area contributed by atoms with Gasteiger partial charge in [0.1, 0.15) is 4.88 Å². The van der Waals surface area contributed by atoms with Gasteiger partial charge in [-0.15, -0.1) is 11.3 Å². The smallest absolute Gasteiger partial charge is 0.266 e. The third kappa shape index (κ3) is 2.91. The summed E-state index contributed by atoms with van der Waals surface area (Å²) < 4.78 is 0. The van der Waals surface area contributed by atoms with Crippen molar-refractivity contribution in [2.75, 3.05) is 12.8 Å². The lowest BCUT2D eigenvalue weighted by Crippen LogP contribution is -2.29. The minimum Gasteiger partial charge on any atom is -0.397 e. The summed E-state index contributed by atoms with van der Waals surface area (Å²) in [5.74, 6) is -0.0602. The predicted molar refractivity (Wildman–Crippen MR) is 80.7 cm³/mol. The molecule has 2 N–H and O–H groups in total. The molecule has 2 aromatic rings. The van der Waals surface area contributed by atoms with E-state index in [4.69, 9.17) is 17.3 Å². The predicted octanol–water partition coefficient (Wildman–Crippen LogP) is 3.82. The Morgan fingerprint density at radius 2 is 1.95 bits per heavy atom. The third-order valence-corrected chi connectivity index (χ3v) is 4.31. The lowest BCUT2D eigenvalue weighted by molar-refractivity contribution is 0.0748. The molecule has 1 amide bonds. The molecular formula is C14H15ClN2OS. The van der Waals surface area contributed by atoms with E-state index in [0.717, 1.165) is 5.56 Å². The maximum absolute atomic E-state index is 12.3. The summed E-state index contributed by atoms with van der Waals surface area (Å²) >= 11 is 7.23. The second kappa shape index (κ2) is 5.63. The van der Waals surface area contributed by atoms with Gasteiger partial charge in [0.05, 0.1) is 11.7 Å². The van der Waals surface area contributed by atoms with Crippen LogP contribution in [-0.4, -0.2) is 17.9 Å². The molecule has 1 atom stereocenters. The Hall–Kier alpha value is -1.52. The monoisotopic (exact) mass is 294 g/mol. The van der Waals surface area contributed by atoms with E-state index in [1.54, 1.807) is 18.0 Å². The minimum absolute atomic E-state index is 0.0359. The second-order valence-electron chi connectivity index (χ2n) is 4.35. The number of rotatable bonds is 3. The summed E-state index contributed by atoms with van der Waals surface area (Å²) in [5.41, 5.74) is 7.35. The van der Waals surface area contributed by atoms with E-state index in [2.05, 4.69) is 0 Å². The summed E-state index contributed by atoms with van der Waals surface area (Å²) in [6.07, 6.45) is 0. The van der Waals surface area contributed by atoms with Gasteiger partial charge in [0.15, 0.2) is 0 Å². The van der Waals surface area contributed by atoms with Gasteiger partial charge in [-0.1, -0.05) is 23.7 Å². The highest BCUT2D eigenvalue weighted by atomic mass is 35.5. The number of thiophene rings is 1. The van der Waals surface area contributed by atoms with Crippen molar-refractivity contribution in [3.63, 3.8) is 0 Å². The number of carbonyl (C=O) groups excluding carboxylic acids is 1. The van der Waals surface area contributed by atoms with Crippen LogP contribution in [0.2, 0.25) is 5.02 Å². The second-order valence-corrected chi connectivity index (χ2v) is 5.70. The standard InChI is InChI=1S/C14H15ClN2OS/c1-9(10-3-5-11(15)6-4-10)17(2)14(18)13-12(16)7-8-19-13/h3-9H,16H2,1-2H3. The number of hydrogen-bond acceptors (Lipinski definition) is 3. The summed E-state index contributed by atoms with van der Waals surface area (Å²) in [6, 6.07) is 9.21. The number of benzene rings is 1. The number of anilines is 1. The van der Waals surface area contributed by atoms with Crippen LogP contribution in [0.15, 0.2) is 35.7 Å². The van der Waals surface area contributed by atoms with Crippen molar-refractivity contribution in [2.45, 2.75) is 13.0 Å². The average molecular weight is 295 g/mol. The Morgan fingerprint density at radius 1 is 1.32 bits per heavy atom. The Bertz CT molecular complexity index is 579. The van der Waals surface area contributed by atoms with E-state index in [-0.39, 0.29) is 11.9 Å². The van der Waals surface area contributed by atoms with E-state index < -0.39 is 0 Å². The van der Waals surface area contributed by atoms with E-state index in [9.17, 15) is 4.79 Å².